The van der Waals surface area contributed by atoms with Crippen LogP contribution in [0.15, 0.2) is 35.1 Å². The molecule has 1 aromatic carbocycles. The van der Waals surface area contributed by atoms with E-state index in [0.29, 0.717) is 18.7 Å². The van der Waals surface area contributed by atoms with Gasteiger partial charge < -0.3 is 15.0 Å². The first kappa shape index (κ1) is 15.3. The molecule has 0 fully saturated rings. The monoisotopic (exact) mass is 288 g/mol. The molecule has 0 unspecified atom stereocenters. The summed E-state index contributed by atoms with van der Waals surface area (Å²) < 4.78 is 4.75. The van der Waals surface area contributed by atoms with Gasteiger partial charge in [-0.15, -0.1) is 0 Å². The van der Waals surface area contributed by atoms with Crippen LogP contribution in [0.4, 0.5) is 0 Å². The largest absolute Gasteiger partial charge is 0.469 e. The van der Waals surface area contributed by atoms with Crippen LogP contribution in [0.25, 0.3) is 10.9 Å². The molecule has 0 aliphatic carbocycles. The Hall–Kier alpha value is -2.14. The van der Waals surface area contributed by atoms with Crippen LogP contribution in [0.5, 0.6) is 0 Å². The molecule has 0 aliphatic rings. The lowest BCUT2D eigenvalue weighted by Crippen LogP contribution is -2.37. The van der Waals surface area contributed by atoms with Gasteiger partial charge in [-0.05, 0) is 31.4 Å². The lowest BCUT2D eigenvalue weighted by Gasteiger charge is -2.21. The Balaban J connectivity index is 2.09. The molecule has 0 amide bonds. The first-order valence-corrected chi connectivity index (χ1v) is 6.84. The lowest BCUT2D eigenvalue weighted by atomic mass is 9.94. The predicted octanol–water partition coefficient (Wildman–Crippen LogP) is 1.82. The molecule has 112 valence electrons. The molecular weight excluding hydrogens is 268 g/mol. The minimum absolute atomic E-state index is 0.114. The molecule has 1 aromatic heterocycles. The van der Waals surface area contributed by atoms with E-state index in [4.69, 9.17) is 4.74 Å². The van der Waals surface area contributed by atoms with Crippen LogP contribution in [0.3, 0.4) is 0 Å². The number of pyridine rings is 1. The van der Waals surface area contributed by atoms with Crippen molar-refractivity contribution < 1.29 is 9.53 Å². The number of ether oxygens (including phenoxy) is 1. The quantitative estimate of drug-likeness (QED) is 0.823. The molecule has 1 heterocycles. The number of rotatable bonds is 5. The number of aromatic nitrogens is 1. The van der Waals surface area contributed by atoms with Gasteiger partial charge in [0.1, 0.15) is 0 Å². The smallest absolute Gasteiger partial charge is 0.312 e. The summed E-state index contributed by atoms with van der Waals surface area (Å²) in [5, 5.41) is 4.13. The van der Waals surface area contributed by atoms with Gasteiger partial charge >= 0.3 is 5.97 Å². The molecule has 21 heavy (non-hydrogen) atoms. The van der Waals surface area contributed by atoms with Gasteiger partial charge in [-0.3, -0.25) is 9.59 Å². The zero-order chi connectivity index (χ0) is 15.5. The molecule has 0 saturated heterocycles. The maximum Gasteiger partial charge on any atom is 0.312 e. The standard InChI is InChI=1S/C16H20N2O3/c1-16(2,15(20)21-3)10-17-9-12-8-11-6-4-5-7-13(11)18-14(12)19/h4-8,17H,9-10H2,1-3H3,(H,18,19). The number of carbonyl (C=O) groups excluding carboxylic acids is 1. The van der Waals surface area contributed by atoms with E-state index < -0.39 is 5.41 Å². The van der Waals surface area contributed by atoms with Gasteiger partial charge in [0.25, 0.3) is 5.56 Å². The van der Waals surface area contributed by atoms with Crippen molar-refractivity contribution >= 4 is 16.9 Å². The van der Waals surface area contributed by atoms with Crippen molar-refractivity contribution in [1.82, 2.24) is 10.3 Å². The van der Waals surface area contributed by atoms with Gasteiger partial charge in [0, 0.05) is 24.2 Å². The second-order valence-electron chi connectivity index (χ2n) is 5.69. The van der Waals surface area contributed by atoms with Gasteiger partial charge in [-0.1, -0.05) is 18.2 Å². The molecule has 0 saturated carbocycles. The molecule has 0 spiro atoms. The van der Waals surface area contributed by atoms with E-state index >= 15 is 0 Å². The maximum absolute atomic E-state index is 12.0. The highest BCUT2D eigenvalue weighted by molar-refractivity contribution is 5.78. The highest BCUT2D eigenvalue weighted by Gasteiger charge is 2.28. The van der Waals surface area contributed by atoms with Gasteiger partial charge in [-0.25, -0.2) is 0 Å². The van der Waals surface area contributed by atoms with E-state index in [2.05, 4.69) is 10.3 Å². The number of para-hydroxylation sites is 1. The summed E-state index contributed by atoms with van der Waals surface area (Å²) >= 11 is 0. The molecule has 0 bridgehead atoms. The predicted molar refractivity (Wildman–Crippen MR) is 82.1 cm³/mol. The Labute approximate surface area is 123 Å². The van der Waals surface area contributed by atoms with E-state index in [1.165, 1.54) is 7.11 Å². The topological polar surface area (TPSA) is 71.2 Å². The normalized spacial score (nSPS) is 11.6. The number of fused-ring (bicyclic) bond motifs is 1. The van der Waals surface area contributed by atoms with E-state index in [0.717, 1.165) is 10.9 Å². The van der Waals surface area contributed by atoms with Crippen LogP contribution in [-0.2, 0) is 16.1 Å². The van der Waals surface area contributed by atoms with Gasteiger partial charge in [0.2, 0.25) is 0 Å². The zero-order valence-corrected chi connectivity index (χ0v) is 12.5. The molecule has 0 atom stereocenters. The van der Waals surface area contributed by atoms with E-state index in [1.807, 2.05) is 30.3 Å². The van der Waals surface area contributed by atoms with Crippen molar-refractivity contribution in [2.45, 2.75) is 20.4 Å². The summed E-state index contributed by atoms with van der Waals surface area (Å²) in [4.78, 5) is 26.4. The van der Waals surface area contributed by atoms with E-state index in [1.54, 1.807) is 13.8 Å². The molecular formula is C16H20N2O3. The number of esters is 1. The first-order chi connectivity index (χ1) is 9.94. The SMILES string of the molecule is COC(=O)C(C)(C)CNCc1cc2ccccc2[nH]c1=O. The maximum atomic E-state index is 12.0. The summed E-state index contributed by atoms with van der Waals surface area (Å²) in [7, 11) is 1.37. The summed E-state index contributed by atoms with van der Waals surface area (Å²) in [6, 6.07) is 9.50. The molecule has 2 N–H and O–H groups in total. The number of H-pyrrole nitrogens is 1. The number of aromatic amines is 1. The highest BCUT2D eigenvalue weighted by Crippen LogP contribution is 2.16. The number of nitrogens with one attached hydrogen (secondary N) is 2. The third-order valence-corrected chi connectivity index (χ3v) is 3.45. The Bertz CT molecular complexity index is 704. The van der Waals surface area contributed by atoms with Crippen molar-refractivity contribution in [1.29, 1.82) is 0 Å². The van der Waals surface area contributed by atoms with Crippen LogP contribution < -0.4 is 10.9 Å². The Morgan fingerprint density at radius 1 is 1.33 bits per heavy atom. The highest BCUT2D eigenvalue weighted by atomic mass is 16.5. The van der Waals surface area contributed by atoms with Gasteiger partial charge in [-0.2, -0.15) is 0 Å². The minimum Gasteiger partial charge on any atom is -0.469 e. The number of hydrogen-bond acceptors (Lipinski definition) is 4. The molecule has 5 heteroatoms. The number of methoxy groups -OCH3 is 1. The summed E-state index contributed by atoms with van der Waals surface area (Å²) in [6.07, 6.45) is 0. The third-order valence-electron chi connectivity index (χ3n) is 3.45. The Kier molecular flexibility index (Phi) is 4.43. The zero-order valence-electron chi connectivity index (χ0n) is 12.5. The van der Waals surface area contributed by atoms with E-state index in [9.17, 15) is 9.59 Å². The first-order valence-electron chi connectivity index (χ1n) is 6.84. The Morgan fingerprint density at radius 2 is 2.05 bits per heavy atom. The molecule has 0 aliphatic heterocycles. The van der Waals surface area contributed by atoms with Crippen LogP contribution in [-0.4, -0.2) is 24.6 Å². The fraction of sp³-hybridized carbons (Fsp3) is 0.375. The lowest BCUT2D eigenvalue weighted by molar-refractivity contribution is -0.150. The van der Waals surface area contributed by atoms with Crippen molar-refractivity contribution in [3.05, 3.63) is 46.2 Å². The molecule has 0 radical (unpaired) electrons. The van der Waals surface area contributed by atoms with Crippen LogP contribution in [0.2, 0.25) is 0 Å². The van der Waals surface area contributed by atoms with Crippen molar-refractivity contribution in [2.24, 2.45) is 5.41 Å². The van der Waals surface area contributed by atoms with Crippen molar-refractivity contribution in [3.8, 4) is 0 Å². The molecule has 2 rings (SSSR count). The van der Waals surface area contributed by atoms with Crippen molar-refractivity contribution in [2.75, 3.05) is 13.7 Å². The van der Waals surface area contributed by atoms with Crippen molar-refractivity contribution in [3.63, 3.8) is 0 Å². The second kappa shape index (κ2) is 6.10. The average molecular weight is 288 g/mol. The molecule has 5 nitrogen and oxygen atoms in total. The molecule has 2 aromatic rings. The van der Waals surface area contributed by atoms with Crippen LogP contribution in [0, 0.1) is 5.41 Å². The summed E-state index contributed by atoms with van der Waals surface area (Å²) in [5.74, 6) is -0.276. The minimum atomic E-state index is -0.627. The van der Waals surface area contributed by atoms with Gasteiger partial charge in [0.15, 0.2) is 0 Å². The summed E-state index contributed by atoms with van der Waals surface area (Å²) in [5.41, 5.74) is 0.728. The number of carbonyl (C=O) groups is 1. The number of hydrogen-bond donors (Lipinski definition) is 2. The van der Waals surface area contributed by atoms with Crippen LogP contribution in [0.1, 0.15) is 19.4 Å². The third kappa shape index (κ3) is 3.49. The second-order valence-corrected chi connectivity index (χ2v) is 5.69. The fourth-order valence-corrected chi connectivity index (χ4v) is 2.18. The number of benzene rings is 1. The van der Waals surface area contributed by atoms with Crippen LogP contribution >= 0.6 is 0 Å². The summed E-state index contributed by atoms with van der Waals surface area (Å²) in [6.45, 7) is 4.44. The average Bonchev–Trinajstić information content (AvgIpc) is 2.46. The Morgan fingerprint density at radius 3 is 2.76 bits per heavy atom. The van der Waals surface area contributed by atoms with Gasteiger partial charge in [0.05, 0.1) is 12.5 Å². The van der Waals surface area contributed by atoms with E-state index in [-0.39, 0.29) is 11.5 Å². The fourth-order valence-electron chi connectivity index (χ4n) is 2.18.